The summed E-state index contributed by atoms with van der Waals surface area (Å²) in [6.07, 6.45) is 9.70. The molecule has 0 bridgehead atoms. The molecule has 0 spiro atoms. The first-order valence-corrected chi connectivity index (χ1v) is 8.70. The second kappa shape index (κ2) is 5.76. The number of amides is 1. The van der Waals surface area contributed by atoms with E-state index >= 15 is 0 Å². The van der Waals surface area contributed by atoms with Gasteiger partial charge in [-0.3, -0.25) is 4.79 Å². The van der Waals surface area contributed by atoms with Gasteiger partial charge in [-0.1, -0.05) is 0 Å². The molecule has 2 aromatic heterocycles. The zero-order valence-electron chi connectivity index (χ0n) is 12.3. The van der Waals surface area contributed by atoms with Gasteiger partial charge in [0.05, 0.1) is 10.6 Å². The molecule has 1 saturated heterocycles. The number of carbonyl (C=O) groups is 1. The molecule has 114 valence electrons. The van der Waals surface area contributed by atoms with Gasteiger partial charge < -0.3 is 4.90 Å². The van der Waals surface area contributed by atoms with Gasteiger partial charge in [-0.25, -0.2) is 15.0 Å². The minimum absolute atomic E-state index is 0.0450. The van der Waals surface area contributed by atoms with Crippen molar-refractivity contribution in [1.29, 1.82) is 0 Å². The van der Waals surface area contributed by atoms with E-state index in [1.807, 2.05) is 16.5 Å². The third-order valence-corrected chi connectivity index (χ3v) is 5.31. The maximum atomic E-state index is 12.6. The van der Waals surface area contributed by atoms with Crippen LogP contribution in [0.15, 0.2) is 24.0 Å². The van der Waals surface area contributed by atoms with Crippen molar-refractivity contribution in [2.75, 3.05) is 13.1 Å². The summed E-state index contributed by atoms with van der Waals surface area (Å²) in [5.41, 5.74) is 0.601. The highest BCUT2D eigenvalue weighted by Gasteiger charge is 2.29. The maximum Gasteiger partial charge on any atom is 0.257 e. The summed E-state index contributed by atoms with van der Waals surface area (Å²) in [6, 6.07) is 0. The molecule has 5 nitrogen and oxygen atoms in total. The number of piperidine rings is 1. The number of hydrogen-bond acceptors (Lipinski definition) is 5. The van der Waals surface area contributed by atoms with Crippen molar-refractivity contribution < 1.29 is 4.79 Å². The molecule has 22 heavy (non-hydrogen) atoms. The minimum atomic E-state index is 0.0450. The molecule has 2 aliphatic rings. The van der Waals surface area contributed by atoms with Crippen molar-refractivity contribution >= 4 is 17.2 Å². The Hall–Kier alpha value is -1.82. The SMILES string of the molecule is O=C(c1cnc(C2CC2)nc1)N1CCC[C@@H](c2nccs2)C1. The number of carbonyl (C=O) groups excluding carboxylic acids is 1. The molecule has 0 N–H and O–H groups in total. The Morgan fingerprint density at radius 2 is 1.95 bits per heavy atom. The fourth-order valence-electron chi connectivity index (χ4n) is 2.98. The van der Waals surface area contributed by atoms with E-state index in [9.17, 15) is 4.79 Å². The summed E-state index contributed by atoms with van der Waals surface area (Å²) in [6.45, 7) is 1.56. The monoisotopic (exact) mass is 314 g/mol. The van der Waals surface area contributed by atoms with Crippen molar-refractivity contribution in [3.63, 3.8) is 0 Å². The van der Waals surface area contributed by atoms with Crippen molar-refractivity contribution in [2.24, 2.45) is 0 Å². The van der Waals surface area contributed by atoms with Crippen LogP contribution in [0.4, 0.5) is 0 Å². The Bertz CT molecular complexity index is 651. The average Bonchev–Trinajstić information content (AvgIpc) is 3.28. The van der Waals surface area contributed by atoms with Gasteiger partial charge in [0.25, 0.3) is 5.91 Å². The minimum Gasteiger partial charge on any atom is -0.338 e. The number of likely N-dealkylation sites (tertiary alicyclic amines) is 1. The van der Waals surface area contributed by atoms with Crippen LogP contribution in [-0.2, 0) is 0 Å². The van der Waals surface area contributed by atoms with Crippen LogP contribution in [0.5, 0.6) is 0 Å². The van der Waals surface area contributed by atoms with Gasteiger partial charge in [0.2, 0.25) is 0 Å². The highest BCUT2D eigenvalue weighted by atomic mass is 32.1. The van der Waals surface area contributed by atoms with Gasteiger partial charge in [0.15, 0.2) is 0 Å². The molecule has 0 aromatic carbocycles. The molecular weight excluding hydrogens is 296 g/mol. The molecule has 4 rings (SSSR count). The normalized spacial score (nSPS) is 21.8. The van der Waals surface area contributed by atoms with Crippen molar-refractivity contribution in [1.82, 2.24) is 19.9 Å². The van der Waals surface area contributed by atoms with E-state index in [-0.39, 0.29) is 5.91 Å². The summed E-state index contributed by atoms with van der Waals surface area (Å²) in [5, 5.41) is 3.14. The van der Waals surface area contributed by atoms with Gasteiger partial charge in [-0.15, -0.1) is 11.3 Å². The molecule has 0 radical (unpaired) electrons. The standard InChI is InChI=1S/C16H18N4OS/c21-16(13-8-18-14(19-9-13)11-3-4-11)20-6-1-2-12(10-20)15-17-5-7-22-15/h5,7-9,11-12H,1-4,6,10H2/t12-/m1/s1. The van der Waals surface area contributed by atoms with Crippen LogP contribution in [-0.4, -0.2) is 38.8 Å². The van der Waals surface area contributed by atoms with Gasteiger partial charge in [0, 0.05) is 48.9 Å². The largest absolute Gasteiger partial charge is 0.338 e. The summed E-state index contributed by atoms with van der Waals surface area (Å²) >= 11 is 1.68. The lowest BCUT2D eigenvalue weighted by Crippen LogP contribution is -2.39. The van der Waals surface area contributed by atoms with E-state index in [0.29, 0.717) is 17.4 Å². The Kier molecular flexibility index (Phi) is 3.62. The highest BCUT2D eigenvalue weighted by Crippen LogP contribution is 2.37. The Balaban J connectivity index is 1.47. The number of rotatable bonds is 3. The summed E-state index contributed by atoms with van der Waals surface area (Å²) < 4.78 is 0. The van der Waals surface area contributed by atoms with Crippen LogP contribution in [0.3, 0.4) is 0 Å². The van der Waals surface area contributed by atoms with Crippen LogP contribution < -0.4 is 0 Å². The molecule has 2 fully saturated rings. The van der Waals surface area contributed by atoms with Gasteiger partial charge in [0.1, 0.15) is 5.82 Å². The van der Waals surface area contributed by atoms with Crippen LogP contribution in [0, 0.1) is 0 Å². The summed E-state index contributed by atoms with van der Waals surface area (Å²) in [4.78, 5) is 27.7. The van der Waals surface area contributed by atoms with E-state index in [1.54, 1.807) is 23.7 Å². The molecule has 0 unspecified atom stereocenters. The van der Waals surface area contributed by atoms with E-state index in [2.05, 4.69) is 15.0 Å². The third kappa shape index (κ3) is 2.75. The molecule has 1 aliphatic carbocycles. The van der Waals surface area contributed by atoms with E-state index in [0.717, 1.165) is 36.8 Å². The number of hydrogen-bond donors (Lipinski definition) is 0. The Morgan fingerprint density at radius 1 is 1.14 bits per heavy atom. The van der Waals surface area contributed by atoms with E-state index < -0.39 is 0 Å². The van der Waals surface area contributed by atoms with E-state index in [4.69, 9.17) is 0 Å². The lowest BCUT2D eigenvalue weighted by molar-refractivity contribution is 0.0706. The zero-order chi connectivity index (χ0) is 14.9. The molecule has 1 aliphatic heterocycles. The molecular formula is C16H18N4OS. The van der Waals surface area contributed by atoms with Crippen LogP contribution in [0.2, 0.25) is 0 Å². The number of aromatic nitrogens is 3. The molecule has 3 heterocycles. The zero-order valence-corrected chi connectivity index (χ0v) is 13.1. The molecule has 1 atom stereocenters. The fourth-order valence-corrected chi connectivity index (χ4v) is 3.75. The first kappa shape index (κ1) is 13.8. The van der Waals surface area contributed by atoms with Gasteiger partial charge in [-0.2, -0.15) is 0 Å². The van der Waals surface area contributed by atoms with Crippen molar-refractivity contribution in [2.45, 2.75) is 37.5 Å². The summed E-state index contributed by atoms with van der Waals surface area (Å²) in [5.74, 6) is 1.82. The van der Waals surface area contributed by atoms with Gasteiger partial charge in [-0.05, 0) is 25.7 Å². The molecule has 1 saturated carbocycles. The van der Waals surface area contributed by atoms with Crippen LogP contribution in [0.1, 0.15) is 58.7 Å². The van der Waals surface area contributed by atoms with Crippen molar-refractivity contribution in [3.05, 3.63) is 40.4 Å². The Labute approximate surface area is 133 Å². The molecule has 6 heteroatoms. The lowest BCUT2D eigenvalue weighted by Gasteiger charge is -2.31. The van der Waals surface area contributed by atoms with Crippen LogP contribution >= 0.6 is 11.3 Å². The predicted molar refractivity (Wildman–Crippen MR) is 84.0 cm³/mol. The first-order valence-electron chi connectivity index (χ1n) is 7.82. The third-order valence-electron chi connectivity index (χ3n) is 4.37. The second-order valence-electron chi connectivity index (χ2n) is 6.06. The highest BCUT2D eigenvalue weighted by molar-refractivity contribution is 7.09. The first-order chi connectivity index (χ1) is 10.8. The fraction of sp³-hybridized carbons (Fsp3) is 0.500. The summed E-state index contributed by atoms with van der Waals surface area (Å²) in [7, 11) is 0. The smallest absolute Gasteiger partial charge is 0.257 e. The Morgan fingerprint density at radius 3 is 2.64 bits per heavy atom. The lowest BCUT2D eigenvalue weighted by atomic mass is 9.98. The number of thiazole rings is 1. The van der Waals surface area contributed by atoms with Crippen molar-refractivity contribution in [3.8, 4) is 0 Å². The van der Waals surface area contributed by atoms with Crippen LogP contribution in [0.25, 0.3) is 0 Å². The quantitative estimate of drug-likeness (QED) is 0.874. The molecule has 2 aromatic rings. The average molecular weight is 314 g/mol. The predicted octanol–water partition coefficient (Wildman–Crippen LogP) is 2.83. The second-order valence-corrected chi connectivity index (χ2v) is 6.99. The number of nitrogens with zero attached hydrogens (tertiary/aromatic N) is 4. The van der Waals surface area contributed by atoms with E-state index in [1.165, 1.54) is 12.8 Å². The molecule has 1 amide bonds. The maximum absolute atomic E-state index is 12.6. The van der Waals surface area contributed by atoms with Gasteiger partial charge >= 0.3 is 0 Å². The topological polar surface area (TPSA) is 59.0 Å².